The molecule has 0 amide bonds. The Morgan fingerprint density at radius 3 is 2.41 bits per heavy atom. The number of hydrogen-bond donors (Lipinski definition) is 1. The number of nitrogen functional groups attached to an aromatic ring is 1. The zero-order valence-corrected chi connectivity index (χ0v) is 9.97. The summed E-state index contributed by atoms with van der Waals surface area (Å²) in [4.78, 5) is 8.45. The summed E-state index contributed by atoms with van der Waals surface area (Å²) >= 11 is 0. The van der Waals surface area contributed by atoms with Crippen LogP contribution in [0.25, 0.3) is 0 Å². The van der Waals surface area contributed by atoms with Crippen LogP contribution >= 0.6 is 0 Å². The largest absolute Gasteiger partial charge is 0.470 e. The highest BCUT2D eigenvalue weighted by Crippen LogP contribution is 2.18. The predicted molar refractivity (Wildman–Crippen MR) is 66.7 cm³/mol. The topological polar surface area (TPSA) is 61.0 Å². The van der Waals surface area contributed by atoms with Gasteiger partial charge >= 0.3 is 0 Å². The molecule has 4 nitrogen and oxygen atoms in total. The molecule has 1 heterocycles. The molecule has 0 radical (unpaired) electrons. The number of hydrogen-bond acceptors (Lipinski definition) is 4. The van der Waals surface area contributed by atoms with E-state index >= 15 is 0 Å². The Hall–Kier alpha value is -2.10. The third-order valence-corrected chi connectivity index (χ3v) is 2.52. The molecule has 0 aliphatic rings. The first-order valence-electron chi connectivity index (χ1n) is 5.44. The molecule has 4 heteroatoms. The quantitative estimate of drug-likeness (QED) is 0.876. The van der Waals surface area contributed by atoms with Gasteiger partial charge in [0.1, 0.15) is 6.61 Å². The number of ether oxygens (including phenoxy) is 1. The lowest BCUT2D eigenvalue weighted by molar-refractivity contribution is 0.294. The number of nitrogens with two attached hydrogens (primary N) is 1. The molecule has 2 rings (SSSR count). The van der Waals surface area contributed by atoms with E-state index in [-0.39, 0.29) is 0 Å². The fraction of sp³-hybridized carbons (Fsp3) is 0.231. The van der Waals surface area contributed by atoms with Crippen LogP contribution in [-0.4, -0.2) is 9.97 Å². The highest BCUT2D eigenvalue weighted by Gasteiger charge is 2.07. The molecule has 0 saturated heterocycles. The second-order valence-electron chi connectivity index (χ2n) is 3.86. The Kier molecular flexibility index (Phi) is 3.23. The van der Waals surface area contributed by atoms with Gasteiger partial charge in [0.2, 0.25) is 0 Å². The Morgan fingerprint density at radius 2 is 1.71 bits per heavy atom. The molecule has 2 aromatic rings. The molecular formula is C13H15N3O. The normalized spacial score (nSPS) is 10.2. The lowest BCUT2D eigenvalue weighted by Crippen LogP contribution is -2.05. The van der Waals surface area contributed by atoms with Crippen LogP contribution < -0.4 is 10.5 Å². The van der Waals surface area contributed by atoms with E-state index in [0.717, 1.165) is 17.0 Å². The van der Waals surface area contributed by atoms with Crippen LogP contribution in [0.2, 0.25) is 0 Å². The molecule has 2 N–H and O–H groups in total. The van der Waals surface area contributed by atoms with E-state index in [2.05, 4.69) is 9.97 Å². The molecule has 0 aliphatic carbocycles. The van der Waals surface area contributed by atoms with Gasteiger partial charge in [-0.05, 0) is 19.4 Å². The number of aryl methyl sites for hydroxylation is 2. The summed E-state index contributed by atoms with van der Waals surface area (Å²) < 4.78 is 5.56. The molecule has 88 valence electrons. The van der Waals surface area contributed by atoms with Gasteiger partial charge in [0.15, 0.2) is 5.82 Å². The Morgan fingerprint density at radius 1 is 1.06 bits per heavy atom. The van der Waals surface area contributed by atoms with Crippen LogP contribution in [0.4, 0.5) is 5.82 Å². The van der Waals surface area contributed by atoms with E-state index < -0.39 is 0 Å². The average molecular weight is 229 g/mol. The van der Waals surface area contributed by atoms with Crippen molar-refractivity contribution in [3.63, 3.8) is 0 Å². The zero-order valence-electron chi connectivity index (χ0n) is 9.97. The van der Waals surface area contributed by atoms with Crippen molar-refractivity contribution in [1.29, 1.82) is 0 Å². The second kappa shape index (κ2) is 4.82. The molecule has 0 saturated carbocycles. The number of rotatable bonds is 3. The van der Waals surface area contributed by atoms with Gasteiger partial charge in [-0.25, -0.2) is 9.97 Å². The summed E-state index contributed by atoms with van der Waals surface area (Å²) in [5, 5.41) is 0. The fourth-order valence-electron chi connectivity index (χ4n) is 1.43. The molecule has 0 unspecified atom stereocenters. The first-order chi connectivity index (χ1) is 8.16. The van der Waals surface area contributed by atoms with Crippen molar-refractivity contribution in [3.8, 4) is 5.88 Å². The zero-order chi connectivity index (χ0) is 12.3. The smallest absolute Gasteiger partial charge is 0.257 e. The molecule has 17 heavy (non-hydrogen) atoms. The average Bonchev–Trinajstić information content (AvgIpc) is 2.33. The van der Waals surface area contributed by atoms with E-state index in [0.29, 0.717) is 18.3 Å². The number of benzene rings is 1. The molecule has 0 fully saturated rings. The standard InChI is InChI=1S/C13H15N3O/c1-9-10(2)16-13(12(14)15-9)17-8-11-6-4-3-5-7-11/h3-7H,8H2,1-2H3,(H2,14,15). The van der Waals surface area contributed by atoms with Crippen LogP contribution in [0.5, 0.6) is 5.88 Å². The summed E-state index contributed by atoms with van der Waals surface area (Å²) in [5.41, 5.74) is 8.50. The molecule has 0 spiro atoms. The van der Waals surface area contributed by atoms with Crippen molar-refractivity contribution < 1.29 is 4.74 Å². The van der Waals surface area contributed by atoms with Gasteiger partial charge in [-0.15, -0.1) is 0 Å². The molecule has 0 aliphatic heterocycles. The second-order valence-corrected chi connectivity index (χ2v) is 3.86. The Labute approximate surface area is 100 Å². The first-order valence-corrected chi connectivity index (χ1v) is 5.44. The van der Waals surface area contributed by atoms with Gasteiger partial charge < -0.3 is 10.5 Å². The van der Waals surface area contributed by atoms with Gasteiger partial charge in [0.05, 0.1) is 11.4 Å². The van der Waals surface area contributed by atoms with Crippen LogP contribution in [0.15, 0.2) is 30.3 Å². The third kappa shape index (κ3) is 2.72. The first kappa shape index (κ1) is 11.4. The maximum Gasteiger partial charge on any atom is 0.257 e. The maximum absolute atomic E-state index is 5.76. The summed E-state index contributed by atoms with van der Waals surface area (Å²) in [6.07, 6.45) is 0. The number of anilines is 1. The lowest BCUT2D eigenvalue weighted by atomic mass is 10.2. The minimum atomic E-state index is 0.337. The highest BCUT2D eigenvalue weighted by atomic mass is 16.5. The SMILES string of the molecule is Cc1nc(N)c(OCc2ccccc2)nc1C. The molecular weight excluding hydrogens is 214 g/mol. The van der Waals surface area contributed by atoms with Crippen molar-refractivity contribution in [3.05, 3.63) is 47.3 Å². The Balaban J connectivity index is 2.12. The number of aromatic nitrogens is 2. The van der Waals surface area contributed by atoms with Crippen molar-refractivity contribution >= 4 is 5.82 Å². The van der Waals surface area contributed by atoms with Crippen molar-refractivity contribution in [2.24, 2.45) is 0 Å². The summed E-state index contributed by atoms with van der Waals surface area (Å²) in [7, 11) is 0. The molecule has 0 bridgehead atoms. The third-order valence-electron chi connectivity index (χ3n) is 2.52. The van der Waals surface area contributed by atoms with E-state index in [9.17, 15) is 0 Å². The molecule has 0 atom stereocenters. The molecule has 1 aromatic carbocycles. The van der Waals surface area contributed by atoms with E-state index in [4.69, 9.17) is 10.5 Å². The van der Waals surface area contributed by atoms with E-state index in [1.54, 1.807) is 0 Å². The van der Waals surface area contributed by atoms with Crippen molar-refractivity contribution in [1.82, 2.24) is 9.97 Å². The van der Waals surface area contributed by atoms with Crippen LogP contribution in [0.1, 0.15) is 17.0 Å². The summed E-state index contributed by atoms with van der Waals surface area (Å²) in [6, 6.07) is 9.88. The van der Waals surface area contributed by atoms with E-state index in [1.165, 1.54) is 0 Å². The number of nitrogens with zero attached hydrogens (tertiary/aromatic N) is 2. The van der Waals surface area contributed by atoms with Crippen molar-refractivity contribution in [2.45, 2.75) is 20.5 Å². The van der Waals surface area contributed by atoms with E-state index in [1.807, 2.05) is 44.2 Å². The predicted octanol–water partition coefficient (Wildman–Crippen LogP) is 2.25. The molecule has 1 aromatic heterocycles. The fourth-order valence-corrected chi connectivity index (χ4v) is 1.43. The van der Waals surface area contributed by atoms with Gasteiger partial charge in [-0.2, -0.15) is 0 Å². The van der Waals surface area contributed by atoms with Crippen molar-refractivity contribution in [2.75, 3.05) is 5.73 Å². The van der Waals surface area contributed by atoms with Crippen LogP contribution in [0.3, 0.4) is 0 Å². The van der Waals surface area contributed by atoms with Crippen LogP contribution in [-0.2, 0) is 6.61 Å². The summed E-state index contributed by atoms with van der Waals surface area (Å²) in [6.45, 7) is 4.21. The highest BCUT2D eigenvalue weighted by molar-refractivity contribution is 5.41. The van der Waals surface area contributed by atoms with Gasteiger partial charge in [0, 0.05) is 0 Å². The van der Waals surface area contributed by atoms with Crippen LogP contribution in [0, 0.1) is 13.8 Å². The minimum Gasteiger partial charge on any atom is -0.470 e. The Bertz CT molecular complexity index is 512. The lowest BCUT2D eigenvalue weighted by Gasteiger charge is -2.09. The summed E-state index contributed by atoms with van der Waals surface area (Å²) in [5.74, 6) is 0.737. The minimum absolute atomic E-state index is 0.337. The van der Waals surface area contributed by atoms with Gasteiger partial charge in [-0.1, -0.05) is 30.3 Å². The van der Waals surface area contributed by atoms with Gasteiger partial charge in [-0.3, -0.25) is 0 Å². The van der Waals surface area contributed by atoms with Gasteiger partial charge in [0.25, 0.3) is 5.88 Å². The maximum atomic E-state index is 5.76. The monoisotopic (exact) mass is 229 g/mol.